The molecule has 222 valence electrons. The van der Waals surface area contributed by atoms with E-state index in [-0.39, 0.29) is 17.8 Å². The van der Waals surface area contributed by atoms with Crippen LogP contribution in [0.4, 0.5) is 16.0 Å². The lowest BCUT2D eigenvalue weighted by Gasteiger charge is -2.31. The Morgan fingerprint density at radius 2 is 1.32 bits per heavy atom. The van der Waals surface area contributed by atoms with Crippen LogP contribution in [0.1, 0.15) is 61.4 Å². The standard InChI is InChI=1S/C35H35FN8/c1-19-13-28-33(38-19)43-31(44-34(28)39-26-11-12-26)24-15-23(16-25(36)17-24)22-9-6-10-27(18-22)40-35-29-14-20(2)37-32(29)41-30(42-35)21-7-4-3-5-8-21/h3-5,7-8,13-17,22,26-27H,6,9-12,18H2,1-2H3,(H2,37,40,41,42)(H2,38,39,43,44). The summed E-state index contributed by atoms with van der Waals surface area (Å²) in [6.07, 6.45) is 6.23. The molecule has 0 spiro atoms. The molecule has 2 aliphatic carbocycles. The average Bonchev–Trinajstić information content (AvgIpc) is 3.63. The highest BCUT2D eigenvalue weighted by Crippen LogP contribution is 2.38. The number of anilines is 2. The topological polar surface area (TPSA) is 107 Å². The van der Waals surface area contributed by atoms with E-state index in [4.69, 9.17) is 19.9 Å². The smallest absolute Gasteiger partial charge is 0.164 e. The van der Waals surface area contributed by atoms with Gasteiger partial charge in [-0.15, -0.1) is 0 Å². The molecule has 0 saturated heterocycles. The zero-order valence-corrected chi connectivity index (χ0v) is 24.9. The number of aromatic amines is 2. The third kappa shape index (κ3) is 5.27. The molecule has 8 nitrogen and oxygen atoms in total. The zero-order valence-electron chi connectivity index (χ0n) is 24.9. The number of hydrogen-bond donors (Lipinski definition) is 4. The van der Waals surface area contributed by atoms with Gasteiger partial charge >= 0.3 is 0 Å². The highest BCUT2D eigenvalue weighted by Gasteiger charge is 2.27. The van der Waals surface area contributed by atoms with Crippen LogP contribution in [0.15, 0.2) is 60.7 Å². The molecule has 4 aromatic heterocycles. The molecule has 2 aliphatic rings. The number of rotatable bonds is 7. The lowest BCUT2D eigenvalue weighted by molar-refractivity contribution is 0.409. The number of nitrogens with one attached hydrogen (secondary N) is 4. The van der Waals surface area contributed by atoms with Crippen LogP contribution >= 0.6 is 0 Å². The van der Waals surface area contributed by atoms with Crippen molar-refractivity contribution in [3.05, 3.63) is 83.4 Å². The van der Waals surface area contributed by atoms with Crippen LogP contribution in [-0.2, 0) is 0 Å². The van der Waals surface area contributed by atoms with Crippen molar-refractivity contribution in [1.29, 1.82) is 0 Å². The highest BCUT2D eigenvalue weighted by atomic mass is 19.1. The maximum atomic E-state index is 15.2. The summed E-state index contributed by atoms with van der Waals surface area (Å²) in [4.78, 5) is 26.2. The summed E-state index contributed by atoms with van der Waals surface area (Å²) in [5.41, 5.74) is 6.34. The number of benzene rings is 2. The van der Waals surface area contributed by atoms with E-state index < -0.39 is 0 Å². The summed E-state index contributed by atoms with van der Waals surface area (Å²) in [7, 11) is 0. The molecule has 2 saturated carbocycles. The van der Waals surface area contributed by atoms with Crippen LogP contribution in [0.25, 0.3) is 44.8 Å². The van der Waals surface area contributed by atoms with Crippen molar-refractivity contribution >= 4 is 33.7 Å². The van der Waals surface area contributed by atoms with E-state index in [2.05, 4.69) is 38.8 Å². The molecule has 4 heterocycles. The molecule has 0 amide bonds. The summed E-state index contributed by atoms with van der Waals surface area (Å²) in [6.45, 7) is 4.05. The van der Waals surface area contributed by atoms with Crippen LogP contribution < -0.4 is 10.6 Å². The Kier molecular flexibility index (Phi) is 6.54. The van der Waals surface area contributed by atoms with Crippen molar-refractivity contribution in [1.82, 2.24) is 29.9 Å². The van der Waals surface area contributed by atoms with Crippen molar-refractivity contribution in [3.8, 4) is 22.8 Å². The monoisotopic (exact) mass is 586 g/mol. The number of H-pyrrole nitrogens is 2. The fraction of sp³-hybridized carbons (Fsp3) is 0.314. The molecule has 8 rings (SSSR count). The van der Waals surface area contributed by atoms with E-state index in [1.807, 2.05) is 44.2 Å². The molecule has 2 fully saturated rings. The van der Waals surface area contributed by atoms with Gasteiger partial charge in [0.15, 0.2) is 11.6 Å². The minimum atomic E-state index is -0.261. The normalized spacial score (nSPS) is 18.6. The Labute approximate surface area is 255 Å². The molecule has 0 radical (unpaired) electrons. The Balaban J connectivity index is 1.09. The second-order valence-corrected chi connectivity index (χ2v) is 12.5. The van der Waals surface area contributed by atoms with Crippen molar-refractivity contribution < 1.29 is 4.39 Å². The summed E-state index contributed by atoms with van der Waals surface area (Å²) in [6, 6.07) is 20.2. The van der Waals surface area contributed by atoms with E-state index in [1.54, 1.807) is 12.1 Å². The summed E-state index contributed by atoms with van der Waals surface area (Å²) in [5.74, 6) is 2.82. The Morgan fingerprint density at radius 1 is 0.682 bits per heavy atom. The van der Waals surface area contributed by atoms with Gasteiger partial charge in [-0.3, -0.25) is 0 Å². The predicted octanol–water partition coefficient (Wildman–Crippen LogP) is 8.03. The van der Waals surface area contributed by atoms with Crippen molar-refractivity contribution in [3.63, 3.8) is 0 Å². The summed E-state index contributed by atoms with van der Waals surface area (Å²) >= 11 is 0. The molecular formula is C35H35FN8. The molecule has 0 bridgehead atoms. The Bertz CT molecular complexity index is 1990. The van der Waals surface area contributed by atoms with Gasteiger partial charge in [-0.2, -0.15) is 0 Å². The first-order chi connectivity index (χ1) is 21.4. The Morgan fingerprint density at radius 3 is 1.98 bits per heavy atom. The number of fused-ring (bicyclic) bond motifs is 2. The van der Waals surface area contributed by atoms with Crippen LogP contribution in [0.2, 0.25) is 0 Å². The van der Waals surface area contributed by atoms with Crippen LogP contribution in [-0.4, -0.2) is 42.0 Å². The second kappa shape index (κ2) is 10.7. The van der Waals surface area contributed by atoms with Crippen LogP contribution in [0.5, 0.6) is 0 Å². The molecule has 9 heteroatoms. The predicted molar refractivity (Wildman–Crippen MR) is 173 cm³/mol. The van der Waals surface area contributed by atoms with E-state index in [0.29, 0.717) is 23.3 Å². The van der Waals surface area contributed by atoms with Gasteiger partial charge < -0.3 is 20.6 Å². The van der Waals surface area contributed by atoms with Gasteiger partial charge in [0.2, 0.25) is 0 Å². The molecule has 44 heavy (non-hydrogen) atoms. The first-order valence-corrected chi connectivity index (χ1v) is 15.6. The van der Waals surface area contributed by atoms with Gasteiger partial charge in [-0.25, -0.2) is 24.3 Å². The molecule has 2 atom stereocenters. The van der Waals surface area contributed by atoms with E-state index >= 15 is 4.39 Å². The molecular weight excluding hydrogens is 551 g/mol. The van der Waals surface area contributed by atoms with Crippen LogP contribution in [0, 0.1) is 19.7 Å². The number of hydrogen-bond acceptors (Lipinski definition) is 6. The van der Waals surface area contributed by atoms with Crippen molar-refractivity contribution in [2.45, 2.75) is 70.4 Å². The lowest BCUT2D eigenvalue weighted by atomic mass is 9.81. The fourth-order valence-corrected chi connectivity index (χ4v) is 6.56. The van der Waals surface area contributed by atoms with Gasteiger partial charge in [0.05, 0.1) is 10.8 Å². The summed E-state index contributed by atoms with van der Waals surface area (Å²) < 4.78 is 15.2. The van der Waals surface area contributed by atoms with Gasteiger partial charge in [-0.1, -0.05) is 36.8 Å². The highest BCUT2D eigenvalue weighted by molar-refractivity contribution is 5.90. The molecule has 4 N–H and O–H groups in total. The van der Waals surface area contributed by atoms with E-state index in [1.165, 1.54) is 0 Å². The third-order valence-corrected chi connectivity index (χ3v) is 8.86. The van der Waals surface area contributed by atoms with Crippen molar-refractivity contribution in [2.24, 2.45) is 0 Å². The number of aryl methyl sites for hydroxylation is 2. The van der Waals surface area contributed by atoms with E-state index in [0.717, 1.165) is 94.7 Å². The largest absolute Gasteiger partial charge is 0.367 e. The molecule has 2 unspecified atom stereocenters. The zero-order chi connectivity index (χ0) is 29.8. The summed E-state index contributed by atoms with van der Waals surface area (Å²) in [5, 5.41) is 9.27. The quantitative estimate of drug-likeness (QED) is 0.151. The molecule has 2 aromatic carbocycles. The maximum absolute atomic E-state index is 15.2. The fourth-order valence-electron chi connectivity index (χ4n) is 6.56. The number of halogens is 1. The van der Waals surface area contributed by atoms with Crippen molar-refractivity contribution in [2.75, 3.05) is 10.6 Å². The van der Waals surface area contributed by atoms with Gasteiger partial charge in [0.1, 0.15) is 28.7 Å². The lowest BCUT2D eigenvalue weighted by Crippen LogP contribution is -2.27. The van der Waals surface area contributed by atoms with Crippen LogP contribution in [0.3, 0.4) is 0 Å². The van der Waals surface area contributed by atoms with E-state index in [9.17, 15) is 0 Å². The molecule has 6 aromatic rings. The first kappa shape index (κ1) is 26.8. The number of nitrogens with zero attached hydrogens (tertiary/aromatic N) is 4. The first-order valence-electron chi connectivity index (χ1n) is 15.6. The second-order valence-electron chi connectivity index (χ2n) is 12.5. The average molecular weight is 587 g/mol. The van der Waals surface area contributed by atoms with Gasteiger partial charge in [-0.05, 0) is 87.8 Å². The Hall–Kier alpha value is -4.79. The maximum Gasteiger partial charge on any atom is 0.164 e. The SMILES string of the molecule is Cc1cc2c(NC3CC3)nc(-c3cc(F)cc(C4CCCC(Nc5nc(-c6ccccc6)nc6[nH]c(C)cc56)C4)c3)nc2[nH]1. The molecule has 0 aliphatic heterocycles. The minimum Gasteiger partial charge on any atom is -0.367 e. The minimum absolute atomic E-state index is 0.196. The number of aromatic nitrogens is 6. The van der Waals surface area contributed by atoms with Gasteiger partial charge in [0.25, 0.3) is 0 Å². The third-order valence-electron chi connectivity index (χ3n) is 8.86. The van der Waals surface area contributed by atoms with Gasteiger partial charge in [0, 0.05) is 34.6 Å².